The Bertz CT molecular complexity index is 1300. The second kappa shape index (κ2) is 10.8. The van der Waals surface area contributed by atoms with Crippen LogP contribution in [0.1, 0.15) is 25.1 Å². The van der Waals surface area contributed by atoms with E-state index in [9.17, 15) is 0 Å². The first-order chi connectivity index (χ1) is 15.7. The van der Waals surface area contributed by atoms with Crippen molar-refractivity contribution in [2.75, 3.05) is 0 Å². The van der Waals surface area contributed by atoms with Gasteiger partial charge < -0.3 is 26.1 Å². The van der Waals surface area contributed by atoms with Crippen molar-refractivity contribution in [1.82, 2.24) is 19.3 Å². The van der Waals surface area contributed by atoms with Gasteiger partial charge in [0.2, 0.25) is 0 Å². The molecule has 0 fully saturated rings. The minimum absolute atomic E-state index is 0. The first-order valence-electron chi connectivity index (χ1n) is 10.9. The molecule has 1 aliphatic heterocycles. The summed E-state index contributed by atoms with van der Waals surface area (Å²) in [7, 11) is 0. The highest BCUT2D eigenvalue weighted by molar-refractivity contribution is 9.10. The van der Waals surface area contributed by atoms with Crippen molar-refractivity contribution in [3.05, 3.63) is 81.7 Å². The van der Waals surface area contributed by atoms with Gasteiger partial charge in [0.05, 0.1) is 11.4 Å². The summed E-state index contributed by atoms with van der Waals surface area (Å²) >= 11 is 5.16. The number of rotatable bonds is 5. The second-order valence-electron chi connectivity index (χ2n) is 7.87. The molecule has 0 spiro atoms. The molecular weight excluding hydrogens is 562 g/mol. The van der Waals surface area contributed by atoms with Crippen molar-refractivity contribution in [2.45, 2.75) is 38.8 Å². The van der Waals surface area contributed by atoms with Crippen molar-refractivity contribution in [1.29, 1.82) is 0 Å². The smallest absolute Gasteiger partial charge is 0.190 e. The summed E-state index contributed by atoms with van der Waals surface area (Å²) in [5.74, 6) is 2.07. The molecule has 0 saturated carbocycles. The summed E-state index contributed by atoms with van der Waals surface area (Å²) < 4.78 is 5.55. The van der Waals surface area contributed by atoms with Gasteiger partial charge in [-0.25, -0.2) is 4.99 Å². The Labute approximate surface area is 216 Å². The minimum Gasteiger partial charge on any atom is -1.00 e. The van der Waals surface area contributed by atoms with Crippen LogP contribution < -0.4 is 21.8 Å². The van der Waals surface area contributed by atoms with Gasteiger partial charge in [-0.3, -0.25) is 0 Å². The van der Waals surface area contributed by atoms with Crippen LogP contribution >= 0.6 is 27.3 Å². The highest BCUT2D eigenvalue weighted by atomic mass is 79.9. The lowest BCUT2D eigenvalue weighted by atomic mass is 10.2. The Kier molecular flexibility index (Phi) is 7.78. The number of thiazole rings is 1. The van der Waals surface area contributed by atoms with Gasteiger partial charge in [0.25, 0.3) is 0 Å². The van der Waals surface area contributed by atoms with Crippen LogP contribution in [0.3, 0.4) is 0 Å². The Morgan fingerprint density at radius 1 is 1.00 bits per heavy atom. The summed E-state index contributed by atoms with van der Waals surface area (Å²) in [5.41, 5.74) is 4.32. The number of benzene rings is 2. The maximum atomic E-state index is 4.93. The highest BCUT2D eigenvalue weighted by Gasteiger charge is 2.16. The monoisotopic (exact) mass is 584 g/mol. The standard InChI is InChI=1S/C25H24BrN5S.BrH/c1-2-15-30-22(18-7-11-20(26)12-8-18)17-32-25(30)27-21-13-9-19(10-14-21)24-29-28-23-6-4-3-5-16-31(23)24;/h2,7-14,17H,1,3-6,15-16H2;1H/p-1. The van der Waals surface area contributed by atoms with E-state index in [1.165, 1.54) is 19.3 Å². The molecular formula is C25H24Br2N5S-. The first-order valence-corrected chi connectivity index (χ1v) is 12.5. The Morgan fingerprint density at radius 3 is 2.52 bits per heavy atom. The van der Waals surface area contributed by atoms with E-state index in [0.717, 1.165) is 56.4 Å². The molecule has 2 aromatic heterocycles. The van der Waals surface area contributed by atoms with Crippen LogP contribution in [0.2, 0.25) is 0 Å². The quantitative estimate of drug-likeness (QED) is 0.337. The third-order valence-corrected chi connectivity index (χ3v) is 7.10. The summed E-state index contributed by atoms with van der Waals surface area (Å²) in [4.78, 5) is 5.88. The van der Waals surface area contributed by atoms with Crippen molar-refractivity contribution >= 4 is 33.0 Å². The topological polar surface area (TPSA) is 48.0 Å². The second-order valence-corrected chi connectivity index (χ2v) is 9.62. The van der Waals surface area contributed by atoms with E-state index >= 15 is 0 Å². The molecule has 0 aliphatic carbocycles. The molecule has 0 atom stereocenters. The molecule has 0 radical (unpaired) electrons. The maximum absolute atomic E-state index is 4.93. The summed E-state index contributed by atoms with van der Waals surface area (Å²) in [6.45, 7) is 5.64. The fraction of sp³-hybridized carbons (Fsp3) is 0.240. The molecule has 4 aromatic rings. The predicted octanol–water partition coefficient (Wildman–Crippen LogP) is 3.39. The largest absolute Gasteiger partial charge is 1.00 e. The van der Waals surface area contributed by atoms with Crippen LogP contribution in [-0.2, 0) is 19.5 Å². The maximum Gasteiger partial charge on any atom is 0.190 e. The minimum atomic E-state index is 0. The molecule has 0 bridgehead atoms. The van der Waals surface area contributed by atoms with Crippen LogP contribution in [-0.4, -0.2) is 19.3 Å². The zero-order valence-electron chi connectivity index (χ0n) is 18.1. The fourth-order valence-electron chi connectivity index (χ4n) is 4.07. The first kappa shape index (κ1) is 23.9. The van der Waals surface area contributed by atoms with Crippen molar-refractivity contribution in [3.63, 3.8) is 0 Å². The molecule has 2 aromatic carbocycles. The van der Waals surface area contributed by atoms with Gasteiger partial charge >= 0.3 is 0 Å². The predicted molar refractivity (Wildman–Crippen MR) is 134 cm³/mol. The zero-order valence-corrected chi connectivity index (χ0v) is 22.1. The Balaban J connectivity index is 0.00000259. The van der Waals surface area contributed by atoms with E-state index in [1.807, 2.05) is 6.08 Å². The third kappa shape index (κ3) is 5.13. The lowest BCUT2D eigenvalue weighted by Crippen LogP contribution is -3.00. The summed E-state index contributed by atoms with van der Waals surface area (Å²) in [6, 6.07) is 16.7. The van der Waals surface area contributed by atoms with Crippen LogP contribution in [0.25, 0.3) is 22.6 Å². The van der Waals surface area contributed by atoms with Gasteiger partial charge in [-0.05, 0) is 54.8 Å². The Morgan fingerprint density at radius 2 is 1.76 bits per heavy atom. The normalized spacial score (nSPS) is 13.8. The number of halogens is 2. The van der Waals surface area contributed by atoms with Crippen LogP contribution in [0, 0.1) is 0 Å². The lowest BCUT2D eigenvalue weighted by Gasteiger charge is -2.08. The van der Waals surface area contributed by atoms with Crippen LogP contribution in [0.4, 0.5) is 5.69 Å². The lowest BCUT2D eigenvalue weighted by molar-refractivity contribution is -0.00000638. The molecule has 8 heteroatoms. The van der Waals surface area contributed by atoms with Crippen LogP contribution in [0.15, 0.2) is 76.0 Å². The van der Waals surface area contributed by atoms with Gasteiger partial charge in [0, 0.05) is 34.9 Å². The van der Waals surface area contributed by atoms with Gasteiger partial charge in [-0.2, -0.15) is 0 Å². The number of fused-ring (bicyclic) bond motifs is 1. The van der Waals surface area contributed by atoms with E-state index in [1.54, 1.807) is 11.3 Å². The van der Waals surface area contributed by atoms with E-state index < -0.39 is 0 Å². The van der Waals surface area contributed by atoms with Gasteiger partial charge in [-0.15, -0.1) is 28.1 Å². The molecule has 170 valence electrons. The fourth-order valence-corrected chi connectivity index (χ4v) is 5.27. The van der Waals surface area contributed by atoms with Gasteiger partial charge in [0.1, 0.15) is 5.82 Å². The number of hydrogen-bond donors (Lipinski definition) is 0. The molecule has 0 N–H and O–H groups in total. The van der Waals surface area contributed by atoms with Crippen molar-refractivity contribution in [2.24, 2.45) is 4.99 Å². The number of aromatic nitrogens is 4. The summed E-state index contributed by atoms with van der Waals surface area (Å²) in [5, 5.41) is 11.1. The molecule has 33 heavy (non-hydrogen) atoms. The molecule has 1 aliphatic rings. The van der Waals surface area contributed by atoms with Gasteiger partial charge in [0.15, 0.2) is 10.6 Å². The third-order valence-electron chi connectivity index (χ3n) is 5.71. The molecule has 0 unspecified atom stereocenters. The average molecular weight is 586 g/mol. The molecule has 5 rings (SSSR count). The van der Waals surface area contributed by atoms with Gasteiger partial charge in [-0.1, -0.05) is 40.6 Å². The van der Waals surface area contributed by atoms with E-state index in [4.69, 9.17) is 4.99 Å². The number of nitrogens with zero attached hydrogens (tertiary/aromatic N) is 5. The number of aryl methyl sites for hydroxylation is 1. The van der Waals surface area contributed by atoms with E-state index in [2.05, 4.69) is 95.8 Å². The van der Waals surface area contributed by atoms with Crippen molar-refractivity contribution in [3.8, 4) is 22.6 Å². The van der Waals surface area contributed by atoms with Crippen molar-refractivity contribution < 1.29 is 17.0 Å². The molecule has 0 saturated heterocycles. The number of hydrogen-bond acceptors (Lipinski definition) is 4. The van der Waals surface area contributed by atoms with E-state index in [-0.39, 0.29) is 17.0 Å². The molecule has 0 amide bonds. The average Bonchev–Trinajstić information content (AvgIpc) is 3.31. The van der Waals surface area contributed by atoms with E-state index in [0.29, 0.717) is 6.54 Å². The molecule has 5 nitrogen and oxygen atoms in total. The van der Waals surface area contributed by atoms with Crippen LogP contribution in [0.5, 0.6) is 0 Å². The number of allylic oxidation sites excluding steroid dienone is 1. The zero-order chi connectivity index (χ0) is 21.9. The summed E-state index contributed by atoms with van der Waals surface area (Å²) in [6.07, 6.45) is 6.57. The SMILES string of the molecule is C=CCn1c(-c2ccc(Br)cc2)csc1=Nc1ccc(-c2nnc3n2CCCCC3)cc1.[Br-]. The highest BCUT2D eigenvalue weighted by Crippen LogP contribution is 2.26. The molecule has 3 heterocycles. The Hall–Kier alpha value is -2.29.